The van der Waals surface area contributed by atoms with E-state index in [0.717, 1.165) is 27.9 Å². The largest absolute Gasteiger partial charge is 0.324 e. The monoisotopic (exact) mass is 288 g/mol. The molecule has 0 bridgehead atoms. The van der Waals surface area contributed by atoms with Crippen LogP contribution < -0.4 is 5.73 Å². The Balaban J connectivity index is 1.85. The van der Waals surface area contributed by atoms with Crippen LogP contribution in [0, 0.1) is 0 Å². The minimum Gasteiger partial charge on any atom is -0.324 e. The lowest BCUT2D eigenvalue weighted by molar-refractivity contribution is 0.733. The molecule has 2 heterocycles. The lowest BCUT2D eigenvalue weighted by Crippen LogP contribution is -2.05. The van der Waals surface area contributed by atoms with E-state index in [2.05, 4.69) is 27.4 Å². The summed E-state index contributed by atoms with van der Waals surface area (Å²) in [5.41, 5.74) is 7.80. The maximum absolute atomic E-state index is 5.60. The Kier molecular flexibility index (Phi) is 3.45. The Labute approximate surface area is 121 Å². The zero-order valence-electron chi connectivity index (χ0n) is 11.4. The topological polar surface area (TPSA) is 74.6 Å². The number of para-hydroxylation sites is 1. The van der Waals surface area contributed by atoms with Crippen LogP contribution >= 0.6 is 11.8 Å². The second-order valence-corrected chi connectivity index (χ2v) is 5.48. The highest BCUT2D eigenvalue weighted by Gasteiger charge is 2.12. The fourth-order valence-electron chi connectivity index (χ4n) is 2.18. The molecule has 1 aromatic carbocycles. The van der Waals surface area contributed by atoms with Crippen molar-refractivity contribution >= 4 is 22.7 Å². The first kappa shape index (κ1) is 13.1. The molecule has 0 aliphatic heterocycles. The third kappa shape index (κ3) is 2.19. The van der Waals surface area contributed by atoms with Gasteiger partial charge in [0.15, 0.2) is 5.16 Å². The van der Waals surface area contributed by atoms with Crippen LogP contribution in [0.15, 0.2) is 29.4 Å². The summed E-state index contributed by atoms with van der Waals surface area (Å²) < 4.78 is 3.84. The van der Waals surface area contributed by atoms with E-state index in [0.29, 0.717) is 6.54 Å². The first-order valence-corrected chi connectivity index (χ1v) is 7.31. The Morgan fingerprint density at radius 3 is 2.75 bits per heavy atom. The van der Waals surface area contributed by atoms with Gasteiger partial charge in [-0.15, -0.1) is 10.2 Å². The predicted octanol–water partition coefficient (Wildman–Crippen LogP) is 1.45. The van der Waals surface area contributed by atoms with Crippen molar-refractivity contribution in [3.8, 4) is 0 Å². The molecule has 104 valence electrons. The van der Waals surface area contributed by atoms with Crippen molar-refractivity contribution in [1.82, 2.24) is 24.5 Å². The van der Waals surface area contributed by atoms with E-state index in [1.165, 1.54) is 5.39 Å². The van der Waals surface area contributed by atoms with Crippen LogP contribution in [-0.4, -0.2) is 24.5 Å². The first-order chi connectivity index (χ1) is 9.70. The first-order valence-electron chi connectivity index (χ1n) is 6.32. The lowest BCUT2D eigenvalue weighted by Gasteiger charge is -2.01. The van der Waals surface area contributed by atoms with Gasteiger partial charge in [-0.3, -0.25) is 4.68 Å². The molecule has 0 aliphatic carbocycles. The van der Waals surface area contributed by atoms with E-state index in [9.17, 15) is 0 Å². The number of aromatic nitrogens is 5. The molecule has 7 heteroatoms. The number of thioether (sulfide) groups is 1. The van der Waals surface area contributed by atoms with Crippen molar-refractivity contribution in [1.29, 1.82) is 0 Å². The summed E-state index contributed by atoms with van der Waals surface area (Å²) in [5.74, 6) is 1.55. The number of nitrogens with two attached hydrogens (primary N) is 1. The van der Waals surface area contributed by atoms with Gasteiger partial charge in [-0.2, -0.15) is 5.10 Å². The molecule has 2 aromatic heterocycles. The third-order valence-electron chi connectivity index (χ3n) is 3.28. The normalized spacial score (nSPS) is 11.3. The maximum atomic E-state index is 5.60. The van der Waals surface area contributed by atoms with Crippen LogP contribution in [0.4, 0.5) is 0 Å². The quantitative estimate of drug-likeness (QED) is 0.736. The summed E-state index contributed by atoms with van der Waals surface area (Å²) in [6.45, 7) is 0.399. The van der Waals surface area contributed by atoms with Crippen LogP contribution in [0.2, 0.25) is 0 Å². The summed E-state index contributed by atoms with van der Waals surface area (Å²) in [5, 5.41) is 14.8. The van der Waals surface area contributed by atoms with Crippen molar-refractivity contribution in [2.75, 3.05) is 0 Å². The number of rotatable bonds is 4. The van der Waals surface area contributed by atoms with Gasteiger partial charge >= 0.3 is 0 Å². The number of hydrogen-bond donors (Lipinski definition) is 1. The Bertz CT molecular complexity index is 744. The average molecular weight is 288 g/mol. The molecule has 0 amide bonds. The number of benzene rings is 1. The summed E-state index contributed by atoms with van der Waals surface area (Å²) in [6, 6.07) is 8.23. The molecule has 0 spiro atoms. The molecule has 0 saturated heterocycles. The molecular formula is C13H16N6S. The van der Waals surface area contributed by atoms with Crippen LogP contribution in [0.3, 0.4) is 0 Å². The third-order valence-corrected chi connectivity index (χ3v) is 4.31. The van der Waals surface area contributed by atoms with Gasteiger partial charge in [0.2, 0.25) is 0 Å². The van der Waals surface area contributed by atoms with Gasteiger partial charge in [0.05, 0.1) is 17.8 Å². The van der Waals surface area contributed by atoms with Gasteiger partial charge in [-0.05, 0) is 6.07 Å². The zero-order chi connectivity index (χ0) is 14.1. The highest BCUT2D eigenvalue weighted by molar-refractivity contribution is 7.98. The number of fused-ring (bicyclic) bond motifs is 1. The molecular weight excluding hydrogens is 272 g/mol. The Hall–Kier alpha value is -1.86. The lowest BCUT2D eigenvalue weighted by atomic mass is 10.2. The van der Waals surface area contributed by atoms with Gasteiger partial charge in [0.1, 0.15) is 5.82 Å². The van der Waals surface area contributed by atoms with Crippen molar-refractivity contribution in [2.24, 2.45) is 19.8 Å². The van der Waals surface area contributed by atoms with E-state index in [4.69, 9.17) is 5.73 Å². The summed E-state index contributed by atoms with van der Waals surface area (Å²) in [7, 11) is 3.90. The van der Waals surface area contributed by atoms with E-state index < -0.39 is 0 Å². The second-order valence-electron chi connectivity index (χ2n) is 4.54. The summed E-state index contributed by atoms with van der Waals surface area (Å²) in [4.78, 5) is 0. The number of hydrogen-bond acceptors (Lipinski definition) is 5. The smallest absolute Gasteiger partial charge is 0.191 e. The van der Waals surface area contributed by atoms with Crippen LogP contribution in [-0.2, 0) is 26.4 Å². The molecule has 6 nitrogen and oxygen atoms in total. The van der Waals surface area contributed by atoms with Crippen LogP contribution in [0.25, 0.3) is 10.9 Å². The van der Waals surface area contributed by atoms with Gasteiger partial charge in [-0.25, -0.2) is 0 Å². The number of aryl methyl sites for hydroxylation is 1. The van der Waals surface area contributed by atoms with E-state index in [1.807, 2.05) is 35.5 Å². The molecule has 0 saturated carbocycles. The van der Waals surface area contributed by atoms with Crippen LogP contribution in [0.5, 0.6) is 0 Å². The highest BCUT2D eigenvalue weighted by atomic mass is 32.2. The molecule has 0 aliphatic rings. The highest BCUT2D eigenvalue weighted by Crippen LogP contribution is 2.25. The number of nitrogens with zero attached hydrogens (tertiary/aromatic N) is 5. The Morgan fingerprint density at radius 1 is 1.20 bits per heavy atom. The fourth-order valence-corrected chi connectivity index (χ4v) is 3.05. The molecule has 2 N–H and O–H groups in total. The maximum Gasteiger partial charge on any atom is 0.191 e. The van der Waals surface area contributed by atoms with Crippen molar-refractivity contribution in [3.63, 3.8) is 0 Å². The minimum atomic E-state index is 0.399. The van der Waals surface area contributed by atoms with E-state index in [1.54, 1.807) is 11.8 Å². The van der Waals surface area contributed by atoms with Crippen molar-refractivity contribution in [3.05, 3.63) is 35.8 Å². The van der Waals surface area contributed by atoms with Gasteiger partial charge in [0, 0.05) is 25.2 Å². The standard InChI is InChI=1S/C13H16N6S/c1-18-12(7-14)15-16-13(18)20-8-10-9-5-3-4-6-11(9)19(2)17-10/h3-6H,7-8,14H2,1-2H3. The van der Waals surface area contributed by atoms with E-state index in [-0.39, 0.29) is 0 Å². The summed E-state index contributed by atoms with van der Waals surface area (Å²) in [6.07, 6.45) is 0. The van der Waals surface area contributed by atoms with E-state index >= 15 is 0 Å². The molecule has 3 aromatic rings. The fraction of sp³-hybridized carbons (Fsp3) is 0.308. The SMILES string of the molecule is Cn1c(CN)nnc1SCc1nn(C)c2ccccc12. The minimum absolute atomic E-state index is 0.399. The predicted molar refractivity (Wildman–Crippen MR) is 79.2 cm³/mol. The van der Waals surface area contributed by atoms with Gasteiger partial charge in [0.25, 0.3) is 0 Å². The van der Waals surface area contributed by atoms with Gasteiger partial charge in [-0.1, -0.05) is 30.0 Å². The molecule has 3 rings (SSSR count). The molecule has 20 heavy (non-hydrogen) atoms. The molecule has 0 fully saturated rings. The average Bonchev–Trinajstić information content (AvgIpc) is 2.98. The van der Waals surface area contributed by atoms with Crippen LogP contribution in [0.1, 0.15) is 11.5 Å². The molecule has 0 radical (unpaired) electrons. The van der Waals surface area contributed by atoms with Crippen molar-refractivity contribution < 1.29 is 0 Å². The Morgan fingerprint density at radius 2 is 2.00 bits per heavy atom. The van der Waals surface area contributed by atoms with Gasteiger partial charge < -0.3 is 10.3 Å². The molecule has 0 unspecified atom stereocenters. The van der Waals surface area contributed by atoms with Crippen molar-refractivity contribution in [2.45, 2.75) is 17.5 Å². The zero-order valence-corrected chi connectivity index (χ0v) is 12.3. The summed E-state index contributed by atoms with van der Waals surface area (Å²) >= 11 is 1.62. The second kappa shape index (κ2) is 5.26. The molecule has 0 atom stereocenters.